The third-order valence-electron chi connectivity index (χ3n) is 4.86. The SMILES string of the molecule is CC[C@@H](C)NC(=O)c1cc2cc(N(C)S(=O)(=O)c3ccc(OC)c(Cl)c3)ccc2s1. The number of amides is 1. The number of hydrogen-bond donors (Lipinski definition) is 1. The van der Waals surface area contributed by atoms with Crippen molar-refractivity contribution in [2.75, 3.05) is 18.5 Å². The van der Waals surface area contributed by atoms with Gasteiger partial charge in [0.25, 0.3) is 15.9 Å². The molecule has 0 aliphatic rings. The van der Waals surface area contributed by atoms with Crippen LogP contribution in [0.3, 0.4) is 0 Å². The number of rotatable bonds is 7. The van der Waals surface area contributed by atoms with Crippen molar-refractivity contribution in [3.8, 4) is 5.75 Å². The fourth-order valence-corrected chi connectivity index (χ4v) is 5.32. The van der Waals surface area contributed by atoms with Crippen LogP contribution in [0.25, 0.3) is 10.1 Å². The summed E-state index contributed by atoms with van der Waals surface area (Å²) in [5.41, 5.74) is 0.487. The summed E-state index contributed by atoms with van der Waals surface area (Å²) in [6.07, 6.45) is 0.846. The second-order valence-electron chi connectivity index (χ2n) is 6.88. The van der Waals surface area contributed by atoms with E-state index in [1.54, 1.807) is 18.2 Å². The van der Waals surface area contributed by atoms with Crippen molar-refractivity contribution in [2.24, 2.45) is 0 Å². The zero-order chi connectivity index (χ0) is 22.1. The maximum atomic E-state index is 13.1. The van der Waals surface area contributed by atoms with Crippen LogP contribution in [-0.2, 0) is 10.0 Å². The molecular formula is C21H23ClN2O4S2. The van der Waals surface area contributed by atoms with E-state index >= 15 is 0 Å². The van der Waals surface area contributed by atoms with Crippen LogP contribution in [0.1, 0.15) is 29.9 Å². The minimum Gasteiger partial charge on any atom is -0.495 e. The van der Waals surface area contributed by atoms with Gasteiger partial charge < -0.3 is 10.1 Å². The number of benzene rings is 2. The number of ether oxygens (including phenoxy) is 1. The summed E-state index contributed by atoms with van der Waals surface area (Å²) in [5.74, 6) is 0.280. The Labute approximate surface area is 185 Å². The number of fused-ring (bicyclic) bond motifs is 1. The van der Waals surface area contributed by atoms with Gasteiger partial charge in [-0.1, -0.05) is 18.5 Å². The molecule has 0 spiro atoms. The minimum absolute atomic E-state index is 0.0647. The van der Waals surface area contributed by atoms with Gasteiger partial charge in [0.15, 0.2) is 0 Å². The van der Waals surface area contributed by atoms with E-state index in [9.17, 15) is 13.2 Å². The lowest BCUT2D eigenvalue weighted by Crippen LogP contribution is -2.31. The topological polar surface area (TPSA) is 75.7 Å². The highest BCUT2D eigenvalue weighted by Crippen LogP contribution is 2.33. The highest BCUT2D eigenvalue weighted by atomic mass is 35.5. The van der Waals surface area contributed by atoms with Crippen LogP contribution in [0, 0.1) is 0 Å². The lowest BCUT2D eigenvalue weighted by atomic mass is 10.2. The number of carbonyl (C=O) groups excluding carboxylic acids is 1. The number of carbonyl (C=O) groups is 1. The van der Waals surface area contributed by atoms with Gasteiger partial charge in [-0.15, -0.1) is 11.3 Å². The molecular weight excluding hydrogens is 444 g/mol. The molecule has 160 valence electrons. The average Bonchev–Trinajstić information content (AvgIpc) is 3.16. The summed E-state index contributed by atoms with van der Waals surface area (Å²) >= 11 is 7.48. The van der Waals surface area contributed by atoms with Crippen LogP contribution in [0.15, 0.2) is 47.4 Å². The van der Waals surface area contributed by atoms with E-state index in [-0.39, 0.29) is 21.9 Å². The highest BCUT2D eigenvalue weighted by Gasteiger charge is 2.23. The van der Waals surface area contributed by atoms with Gasteiger partial charge in [-0.3, -0.25) is 9.10 Å². The van der Waals surface area contributed by atoms with Gasteiger partial charge >= 0.3 is 0 Å². The van der Waals surface area contributed by atoms with Crippen molar-refractivity contribution in [1.82, 2.24) is 5.32 Å². The first-order chi connectivity index (χ1) is 14.2. The molecule has 3 rings (SSSR count). The summed E-state index contributed by atoms with van der Waals surface area (Å²) in [5, 5.41) is 3.97. The molecule has 0 unspecified atom stereocenters. The molecule has 0 aliphatic carbocycles. The van der Waals surface area contributed by atoms with E-state index in [1.165, 1.54) is 48.0 Å². The molecule has 0 aliphatic heterocycles. The van der Waals surface area contributed by atoms with Gasteiger partial charge in [0.2, 0.25) is 0 Å². The van der Waals surface area contributed by atoms with E-state index < -0.39 is 10.0 Å². The number of thiophene rings is 1. The van der Waals surface area contributed by atoms with Crippen LogP contribution >= 0.6 is 22.9 Å². The van der Waals surface area contributed by atoms with Crippen molar-refractivity contribution in [2.45, 2.75) is 31.2 Å². The second-order valence-corrected chi connectivity index (χ2v) is 10.3. The molecule has 3 aromatic rings. The van der Waals surface area contributed by atoms with E-state index in [1.807, 2.05) is 19.9 Å². The Bertz CT molecular complexity index is 1190. The van der Waals surface area contributed by atoms with Crippen LogP contribution < -0.4 is 14.4 Å². The van der Waals surface area contributed by atoms with Crippen LogP contribution in [-0.4, -0.2) is 34.5 Å². The predicted molar refractivity (Wildman–Crippen MR) is 123 cm³/mol. The summed E-state index contributed by atoms with van der Waals surface area (Å²) in [6.45, 7) is 3.96. The van der Waals surface area contributed by atoms with Crippen molar-refractivity contribution in [3.05, 3.63) is 52.4 Å². The fraction of sp³-hybridized carbons (Fsp3) is 0.286. The molecule has 2 aromatic carbocycles. The van der Waals surface area contributed by atoms with Gasteiger partial charge in [-0.25, -0.2) is 8.42 Å². The molecule has 6 nitrogen and oxygen atoms in total. The van der Waals surface area contributed by atoms with E-state index in [2.05, 4.69) is 5.32 Å². The standard InChI is InChI=1S/C21H23ClN2O4S2/c1-5-13(2)23-21(25)20-11-14-10-15(6-9-19(14)29-20)24(3)30(26,27)16-7-8-18(28-4)17(22)12-16/h6-13H,5H2,1-4H3,(H,23,25)/t13-/m1/s1. The smallest absolute Gasteiger partial charge is 0.264 e. The normalized spacial score (nSPS) is 12.6. The Kier molecular flexibility index (Phi) is 6.59. The van der Waals surface area contributed by atoms with Crippen molar-refractivity contribution < 1.29 is 17.9 Å². The zero-order valence-corrected chi connectivity index (χ0v) is 19.5. The molecule has 1 amide bonds. The average molecular weight is 467 g/mol. The van der Waals surface area contributed by atoms with Gasteiger partial charge in [0.1, 0.15) is 5.75 Å². The van der Waals surface area contributed by atoms with Crippen molar-refractivity contribution in [1.29, 1.82) is 0 Å². The molecule has 1 heterocycles. The van der Waals surface area contributed by atoms with Crippen molar-refractivity contribution in [3.63, 3.8) is 0 Å². The summed E-state index contributed by atoms with van der Waals surface area (Å²) in [4.78, 5) is 13.1. The molecule has 0 bridgehead atoms. The first-order valence-corrected chi connectivity index (χ1v) is 12.0. The quantitative estimate of drug-likeness (QED) is 0.536. The van der Waals surface area contributed by atoms with Crippen LogP contribution in [0.5, 0.6) is 5.75 Å². The fourth-order valence-electron chi connectivity index (χ4n) is 2.84. The Morgan fingerprint density at radius 1 is 1.23 bits per heavy atom. The van der Waals surface area contributed by atoms with Gasteiger partial charge in [0.05, 0.1) is 27.6 Å². The number of hydrogen-bond acceptors (Lipinski definition) is 5. The Hall–Kier alpha value is -2.29. The third-order valence-corrected chi connectivity index (χ3v) is 8.05. The largest absolute Gasteiger partial charge is 0.495 e. The first kappa shape index (κ1) is 22.4. The Balaban J connectivity index is 1.92. The molecule has 1 aromatic heterocycles. The molecule has 9 heteroatoms. The summed E-state index contributed by atoms with van der Waals surface area (Å²) < 4.78 is 33.3. The Morgan fingerprint density at radius 3 is 2.60 bits per heavy atom. The maximum Gasteiger partial charge on any atom is 0.264 e. The molecule has 0 saturated carbocycles. The molecule has 0 fully saturated rings. The minimum atomic E-state index is -3.82. The summed E-state index contributed by atoms with van der Waals surface area (Å²) in [6, 6.07) is 11.5. The number of anilines is 1. The van der Waals surface area contributed by atoms with E-state index in [0.29, 0.717) is 16.3 Å². The van der Waals surface area contributed by atoms with Gasteiger partial charge in [-0.2, -0.15) is 0 Å². The van der Waals surface area contributed by atoms with Gasteiger partial charge in [-0.05, 0) is 61.2 Å². The molecule has 1 N–H and O–H groups in total. The molecule has 0 saturated heterocycles. The monoisotopic (exact) mass is 466 g/mol. The van der Waals surface area contributed by atoms with Crippen molar-refractivity contribution >= 4 is 54.6 Å². The number of nitrogens with zero attached hydrogens (tertiary/aromatic N) is 1. The number of sulfonamides is 1. The van der Waals surface area contributed by atoms with Crippen LogP contribution in [0.2, 0.25) is 5.02 Å². The van der Waals surface area contributed by atoms with Gasteiger partial charge in [0, 0.05) is 17.8 Å². The first-order valence-electron chi connectivity index (χ1n) is 9.34. The number of methoxy groups -OCH3 is 1. The molecule has 1 atom stereocenters. The molecule has 0 radical (unpaired) electrons. The Morgan fingerprint density at radius 2 is 1.97 bits per heavy atom. The van der Waals surface area contributed by atoms with E-state index in [0.717, 1.165) is 16.5 Å². The molecule has 30 heavy (non-hydrogen) atoms. The van der Waals surface area contributed by atoms with Crippen LogP contribution in [0.4, 0.5) is 5.69 Å². The second kappa shape index (κ2) is 8.83. The third kappa shape index (κ3) is 4.40. The number of nitrogens with one attached hydrogen (secondary N) is 1. The summed E-state index contributed by atoms with van der Waals surface area (Å²) in [7, 11) is -0.869. The number of halogens is 1. The zero-order valence-electron chi connectivity index (χ0n) is 17.1. The highest BCUT2D eigenvalue weighted by molar-refractivity contribution is 7.92. The lowest BCUT2D eigenvalue weighted by molar-refractivity contribution is 0.0943. The van der Waals surface area contributed by atoms with E-state index in [4.69, 9.17) is 16.3 Å². The predicted octanol–water partition coefficient (Wildman–Crippen LogP) is 4.92. The maximum absolute atomic E-state index is 13.1. The lowest BCUT2D eigenvalue weighted by Gasteiger charge is -2.20.